The van der Waals surface area contributed by atoms with Crippen molar-refractivity contribution in [2.45, 2.75) is 52.0 Å². The van der Waals surface area contributed by atoms with Crippen LogP contribution < -0.4 is 10.4 Å². The molecule has 0 bridgehead atoms. The molecule has 23 heavy (non-hydrogen) atoms. The minimum absolute atomic E-state index is 0.294. The van der Waals surface area contributed by atoms with Crippen LogP contribution in [0.25, 0.3) is 0 Å². The van der Waals surface area contributed by atoms with E-state index in [1.807, 2.05) is 27.7 Å². The molecule has 0 aliphatic carbocycles. The highest BCUT2D eigenvalue weighted by atomic mass is 19.4. The lowest BCUT2D eigenvalue weighted by Crippen LogP contribution is -2.41. The maximum atomic E-state index is 12.5. The van der Waals surface area contributed by atoms with Crippen LogP contribution in [0.4, 0.5) is 19.0 Å². The Bertz CT molecular complexity index is 575. The third kappa shape index (κ3) is 3.80. The number of pyridine rings is 1. The smallest absolute Gasteiger partial charge is 0.399 e. The molecule has 2 heterocycles. The highest BCUT2D eigenvalue weighted by Gasteiger charge is 2.51. The Morgan fingerprint density at radius 2 is 1.70 bits per heavy atom. The monoisotopic (exact) mass is 330 g/mol. The molecule has 1 aliphatic rings. The minimum atomic E-state index is -4.27. The first-order chi connectivity index (χ1) is 10.3. The van der Waals surface area contributed by atoms with Gasteiger partial charge in [0.1, 0.15) is 12.4 Å². The molecule has 0 spiro atoms. The molecule has 0 N–H and O–H groups in total. The first kappa shape index (κ1) is 18.1. The standard InChI is InChI=1S/C15H22BF3N2O2/c1-10-7-11(16-22-13(2,3)14(4,5)23-16)8-20-12(10)21(6)9-15(17,18)19/h7-8H,9H2,1-6H3. The van der Waals surface area contributed by atoms with E-state index >= 15 is 0 Å². The third-order valence-corrected chi connectivity index (χ3v) is 4.38. The molecule has 0 atom stereocenters. The van der Waals surface area contributed by atoms with Gasteiger partial charge in [0.25, 0.3) is 0 Å². The lowest BCUT2D eigenvalue weighted by atomic mass is 9.79. The predicted molar refractivity (Wildman–Crippen MR) is 84.0 cm³/mol. The normalized spacial score (nSPS) is 20.0. The van der Waals surface area contributed by atoms with Crippen LogP contribution in [-0.4, -0.2) is 43.1 Å². The average molecular weight is 330 g/mol. The lowest BCUT2D eigenvalue weighted by molar-refractivity contribution is -0.119. The number of halogens is 3. The Morgan fingerprint density at radius 1 is 1.17 bits per heavy atom. The molecule has 8 heteroatoms. The van der Waals surface area contributed by atoms with Gasteiger partial charge in [-0.15, -0.1) is 0 Å². The van der Waals surface area contributed by atoms with E-state index in [1.54, 1.807) is 13.0 Å². The number of alkyl halides is 3. The number of aryl methyl sites for hydroxylation is 1. The number of aromatic nitrogens is 1. The van der Waals surface area contributed by atoms with Crippen molar-refractivity contribution in [1.82, 2.24) is 4.98 Å². The molecule has 0 saturated carbocycles. The van der Waals surface area contributed by atoms with Crippen LogP contribution in [0.5, 0.6) is 0 Å². The number of hydrogen-bond acceptors (Lipinski definition) is 4. The summed E-state index contributed by atoms with van der Waals surface area (Å²) >= 11 is 0. The van der Waals surface area contributed by atoms with Gasteiger partial charge in [-0.25, -0.2) is 4.98 Å². The van der Waals surface area contributed by atoms with E-state index in [1.165, 1.54) is 13.2 Å². The van der Waals surface area contributed by atoms with E-state index in [-0.39, 0.29) is 0 Å². The maximum absolute atomic E-state index is 12.5. The Labute approximate surface area is 135 Å². The molecule has 1 aromatic heterocycles. The second-order valence-electron chi connectivity index (χ2n) is 6.97. The molecule has 2 rings (SSSR count). The molecule has 0 amide bonds. The molecule has 1 saturated heterocycles. The van der Waals surface area contributed by atoms with Gasteiger partial charge in [0.2, 0.25) is 0 Å². The topological polar surface area (TPSA) is 34.6 Å². The van der Waals surface area contributed by atoms with Gasteiger partial charge >= 0.3 is 13.3 Å². The molecule has 0 aromatic carbocycles. The van der Waals surface area contributed by atoms with Gasteiger partial charge in [-0.05, 0) is 40.2 Å². The fourth-order valence-electron chi connectivity index (χ4n) is 2.44. The predicted octanol–water partition coefficient (Wildman–Crippen LogP) is 2.69. The van der Waals surface area contributed by atoms with Crippen molar-refractivity contribution in [3.63, 3.8) is 0 Å². The van der Waals surface area contributed by atoms with Crippen LogP contribution in [0.1, 0.15) is 33.3 Å². The van der Waals surface area contributed by atoms with Gasteiger partial charge in [0.15, 0.2) is 0 Å². The number of anilines is 1. The van der Waals surface area contributed by atoms with Crippen LogP contribution in [-0.2, 0) is 9.31 Å². The fourth-order valence-corrected chi connectivity index (χ4v) is 2.44. The van der Waals surface area contributed by atoms with Crippen LogP contribution in [0.15, 0.2) is 12.3 Å². The van der Waals surface area contributed by atoms with Crippen molar-refractivity contribution in [2.75, 3.05) is 18.5 Å². The first-order valence-electron chi connectivity index (χ1n) is 7.42. The van der Waals surface area contributed by atoms with Crippen molar-refractivity contribution in [2.24, 2.45) is 0 Å². The minimum Gasteiger partial charge on any atom is -0.399 e. The van der Waals surface area contributed by atoms with Gasteiger partial charge in [0, 0.05) is 18.7 Å². The Balaban J connectivity index is 2.21. The van der Waals surface area contributed by atoms with Crippen molar-refractivity contribution >= 4 is 18.4 Å². The van der Waals surface area contributed by atoms with Gasteiger partial charge in [0.05, 0.1) is 11.2 Å². The highest BCUT2D eigenvalue weighted by Crippen LogP contribution is 2.36. The largest absolute Gasteiger partial charge is 0.496 e. The zero-order valence-electron chi connectivity index (χ0n) is 14.3. The lowest BCUT2D eigenvalue weighted by Gasteiger charge is -2.32. The molecule has 128 valence electrons. The van der Waals surface area contributed by atoms with Crippen molar-refractivity contribution < 1.29 is 22.5 Å². The molecule has 1 fully saturated rings. The third-order valence-electron chi connectivity index (χ3n) is 4.38. The molecule has 1 aromatic rings. The van der Waals surface area contributed by atoms with Crippen LogP contribution in [0.2, 0.25) is 0 Å². The second kappa shape index (κ2) is 5.67. The summed E-state index contributed by atoms with van der Waals surface area (Å²) in [4.78, 5) is 5.26. The number of nitrogens with zero attached hydrogens (tertiary/aromatic N) is 2. The van der Waals surface area contributed by atoms with Gasteiger partial charge < -0.3 is 14.2 Å². The first-order valence-corrected chi connectivity index (χ1v) is 7.42. The average Bonchev–Trinajstić information content (AvgIpc) is 2.56. The maximum Gasteiger partial charge on any atom is 0.496 e. The van der Waals surface area contributed by atoms with Crippen molar-refractivity contribution in [3.05, 3.63) is 17.8 Å². The molecule has 4 nitrogen and oxygen atoms in total. The fraction of sp³-hybridized carbons (Fsp3) is 0.667. The van der Waals surface area contributed by atoms with Crippen LogP contribution in [0, 0.1) is 6.92 Å². The SMILES string of the molecule is Cc1cc(B2OC(C)(C)C(C)(C)O2)cnc1N(C)CC(F)(F)F. The zero-order valence-corrected chi connectivity index (χ0v) is 14.3. The molecule has 1 aliphatic heterocycles. The number of rotatable bonds is 3. The van der Waals surface area contributed by atoms with E-state index in [4.69, 9.17) is 9.31 Å². The molecular formula is C15H22BF3N2O2. The summed E-state index contributed by atoms with van der Waals surface area (Å²) in [6.07, 6.45) is -2.76. The van der Waals surface area contributed by atoms with E-state index < -0.39 is 31.0 Å². The summed E-state index contributed by atoms with van der Waals surface area (Å²) in [6, 6.07) is 1.76. The van der Waals surface area contributed by atoms with E-state index in [2.05, 4.69) is 4.98 Å². The second-order valence-corrected chi connectivity index (χ2v) is 6.97. The summed E-state index contributed by atoms with van der Waals surface area (Å²) in [5.41, 5.74) is 0.392. The van der Waals surface area contributed by atoms with Gasteiger partial charge in [-0.2, -0.15) is 13.2 Å². The molecule has 0 radical (unpaired) electrons. The summed E-state index contributed by atoms with van der Waals surface area (Å²) in [7, 11) is 0.797. The summed E-state index contributed by atoms with van der Waals surface area (Å²) in [5, 5.41) is 0. The summed E-state index contributed by atoms with van der Waals surface area (Å²) < 4.78 is 49.4. The Kier molecular flexibility index (Phi) is 4.45. The molecular weight excluding hydrogens is 308 g/mol. The van der Waals surface area contributed by atoms with Crippen LogP contribution in [0.3, 0.4) is 0 Å². The molecule has 0 unspecified atom stereocenters. The number of hydrogen-bond donors (Lipinski definition) is 0. The van der Waals surface area contributed by atoms with Crippen molar-refractivity contribution in [3.8, 4) is 0 Å². The quantitative estimate of drug-likeness (QED) is 0.798. The summed E-state index contributed by atoms with van der Waals surface area (Å²) in [6.45, 7) is 8.45. The van der Waals surface area contributed by atoms with Crippen molar-refractivity contribution in [1.29, 1.82) is 0 Å². The van der Waals surface area contributed by atoms with E-state index in [0.29, 0.717) is 16.8 Å². The van der Waals surface area contributed by atoms with E-state index in [9.17, 15) is 13.2 Å². The van der Waals surface area contributed by atoms with Gasteiger partial charge in [-0.3, -0.25) is 0 Å². The van der Waals surface area contributed by atoms with Crippen LogP contribution >= 0.6 is 0 Å². The highest BCUT2D eigenvalue weighted by molar-refractivity contribution is 6.62. The Morgan fingerprint density at radius 3 is 2.13 bits per heavy atom. The Hall–Kier alpha value is -1.28. The van der Waals surface area contributed by atoms with E-state index in [0.717, 1.165) is 4.90 Å². The summed E-state index contributed by atoms with van der Waals surface area (Å²) in [5.74, 6) is 0.294. The zero-order chi connectivity index (χ0) is 17.6. The van der Waals surface area contributed by atoms with Gasteiger partial charge in [-0.1, -0.05) is 6.07 Å².